The molecule has 0 saturated carbocycles. The number of aromatic nitrogens is 1. The van der Waals surface area contributed by atoms with Crippen molar-refractivity contribution in [1.29, 1.82) is 0 Å². The first-order valence-electron chi connectivity index (χ1n) is 5.94. The number of pyridine rings is 1. The van der Waals surface area contributed by atoms with E-state index in [0.717, 1.165) is 17.8 Å². The molecule has 1 amide bonds. The van der Waals surface area contributed by atoms with E-state index in [-0.39, 0.29) is 11.8 Å². The van der Waals surface area contributed by atoms with Gasteiger partial charge in [-0.25, -0.2) is 4.98 Å². The molecule has 0 aliphatic heterocycles. The van der Waals surface area contributed by atoms with Gasteiger partial charge in [-0.3, -0.25) is 4.79 Å². The van der Waals surface area contributed by atoms with Crippen LogP contribution in [0.5, 0.6) is 0 Å². The molecule has 1 aromatic rings. The lowest BCUT2D eigenvalue weighted by Gasteiger charge is -2.13. The van der Waals surface area contributed by atoms with Crippen LogP contribution in [0.15, 0.2) is 18.3 Å². The van der Waals surface area contributed by atoms with Gasteiger partial charge in [-0.1, -0.05) is 13.8 Å². The van der Waals surface area contributed by atoms with Gasteiger partial charge in [0.25, 0.3) is 0 Å². The number of nitrogens with zero attached hydrogens (tertiary/aromatic N) is 2. The molecule has 4 heteroatoms. The Morgan fingerprint density at radius 1 is 1.53 bits per heavy atom. The number of hydrogen-bond donors (Lipinski definition) is 1. The minimum atomic E-state index is 0.0742. The molecular formula is C13H21N3O. The highest BCUT2D eigenvalue weighted by molar-refractivity contribution is 5.78. The molecule has 0 aliphatic carbocycles. The van der Waals surface area contributed by atoms with Crippen LogP contribution in [0.2, 0.25) is 0 Å². The molecule has 0 saturated heterocycles. The first kappa shape index (κ1) is 13.5. The zero-order chi connectivity index (χ0) is 12.8. The first-order valence-corrected chi connectivity index (χ1v) is 5.94. The summed E-state index contributed by atoms with van der Waals surface area (Å²) in [6.07, 6.45) is 2.63. The molecule has 0 aliphatic rings. The molecule has 1 N–H and O–H groups in total. The van der Waals surface area contributed by atoms with Crippen molar-refractivity contribution in [3.8, 4) is 0 Å². The smallest absolute Gasteiger partial charge is 0.223 e. The Bertz CT molecular complexity index is 377. The summed E-state index contributed by atoms with van der Waals surface area (Å²) < 4.78 is 0. The molecule has 1 atom stereocenters. The van der Waals surface area contributed by atoms with Crippen molar-refractivity contribution >= 4 is 11.7 Å². The summed E-state index contributed by atoms with van der Waals surface area (Å²) in [6.45, 7) is 4.51. The Morgan fingerprint density at radius 3 is 2.82 bits per heavy atom. The molecule has 1 rings (SSSR count). The maximum Gasteiger partial charge on any atom is 0.223 e. The van der Waals surface area contributed by atoms with Gasteiger partial charge in [-0.2, -0.15) is 0 Å². The number of nitrogens with one attached hydrogen (secondary N) is 1. The average Bonchev–Trinajstić information content (AvgIpc) is 2.35. The fourth-order valence-electron chi connectivity index (χ4n) is 1.36. The van der Waals surface area contributed by atoms with E-state index < -0.39 is 0 Å². The summed E-state index contributed by atoms with van der Waals surface area (Å²) >= 11 is 0. The summed E-state index contributed by atoms with van der Waals surface area (Å²) in [5, 5.41) is 2.93. The van der Waals surface area contributed by atoms with Gasteiger partial charge in [-0.05, 0) is 24.1 Å². The quantitative estimate of drug-likeness (QED) is 0.846. The van der Waals surface area contributed by atoms with Crippen molar-refractivity contribution in [1.82, 2.24) is 10.3 Å². The second kappa shape index (κ2) is 6.23. The molecule has 0 unspecified atom stereocenters. The van der Waals surface area contributed by atoms with E-state index in [1.54, 1.807) is 6.20 Å². The van der Waals surface area contributed by atoms with Crippen LogP contribution >= 0.6 is 0 Å². The topological polar surface area (TPSA) is 45.2 Å². The van der Waals surface area contributed by atoms with E-state index in [4.69, 9.17) is 0 Å². The number of carbonyl (C=O) groups is 1. The minimum absolute atomic E-state index is 0.0742. The Hall–Kier alpha value is -1.58. The van der Waals surface area contributed by atoms with Gasteiger partial charge in [-0.15, -0.1) is 0 Å². The SMILES string of the molecule is CC[C@H](C)C(=O)NCc1ccnc(N(C)C)c1. The molecule has 0 spiro atoms. The fraction of sp³-hybridized carbons (Fsp3) is 0.538. The summed E-state index contributed by atoms with van der Waals surface area (Å²) in [5.41, 5.74) is 1.07. The van der Waals surface area contributed by atoms with Crippen LogP contribution in [0.1, 0.15) is 25.8 Å². The largest absolute Gasteiger partial charge is 0.363 e. The van der Waals surface area contributed by atoms with Crippen LogP contribution < -0.4 is 10.2 Å². The molecule has 1 heterocycles. The van der Waals surface area contributed by atoms with Crippen LogP contribution in [-0.2, 0) is 11.3 Å². The molecule has 17 heavy (non-hydrogen) atoms. The molecule has 4 nitrogen and oxygen atoms in total. The third-order valence-corrected chi connectivity index (χ3v) is 2.79. The highest BCUT2D eigenvalue weighted by Gasteiger charge is 2.09. The van der Waals surface area contributed by atoms with E-state index in [2.05, 4.69) is 10.3 Å². The summed E-state index contributed by atoms with van der Waals surface area (Å²) in [4.78, 5) is 17.8. The van der Waals surface area contributed by atoms with E-state index >= 15 is 0 Å². The zero-order valence-corrected chi connectivity index (χ0v) is 11.0. The lowest BCUT2D eigenvalue weighted by molar-refractivity contribution is -0.124. The third-order valence-electron chi connectivity index (χ3n) is 2.79. The second-order valence-electron chi connectivity index (χ2n) is 4.44. The number of carbonyl (C=O) groups excluding carboxylic acids is 1. The normalized spacial score (nSPS) is 12.0. The van der Waals surface area contributed by atoms with Crippen molar-refractivity contribution in [3.63, 3.8) is 0 Å². The molecular weight excluding hydrogens is 214 g/mol. The second-order valence-corrected chi connectivity index (χ2v) is 4.44. The van der Waals surface area contributed by atoms with Gasteiger partial charge in [0.15, 0.2) is 0 Å². The van der Waals surface area contributed by atoms with E-state index in [0.29, 0.717) is 6.54 Å². The number of hydrogen-bond acceptors (Lipinski definition) is 3. The minimum Gasteiger partial charge on any atom is -0.363 e. The van der Waals surface area contributed by atoms with E-state index in [1.807, 2.05) is 45.0 Å². The molecule has 0 fully saturated rings. The highest BCUT2D eigenvalue weighted by Crippen LogP contribution is 2.09. The Labute approximate surface area is 103 Å². The standard InChI is InChI=1S/C13H21N3O/c1-5-10(2)13(17)15-9-11-6-7-14-12(8-11)16(3)4/h6-8,10H,5,9H2,1-4H3,(H,15,17)/t10-/m0/s1. The maximum atomic E-state index is 11.6. The number of amides is 1. The van der Waals surface area contributed by atoms with Crippen LogP contribution in [0.3, 0.4) is 0 Å². The van der Waals surface area contributed by atoms with Crippen molar-refractivity contribution < 1.29 is 4.79 Å². The van der Waals surface area contributed by atoms with Crippen molar-refractivity contribution in [2.75, 3.05) is 19.0 Å². The van der Waals surface area contributed by atoms with Crippen molar-refractivity contribution in [3.05, 3.63) is 23.9 Å². The molecule has 1 aromatic heterocycles. The summed E-state index contributed by atoms with van der Waals surface area (Å²) in [5.74, 6) is 1.08. The number of anilines is 1. The summed E-state index contributed by atoms with van der Waals surface area (Å²) in [6, 6.07) is 3.90. The van der Waals surface area contributed by atoms with Crippen LogP contribution in [0, 0.1) is 5.92 Å². The van der Waals surface area contributed by atoms with Crippen LogP contribution in [-0.4, -0.2) is 25.0 Å². The third kappa shape index (κ3) is 4.06. The zero-order valence-electron chi connectivity index (χ0n) is 11.0. The van der Waals surface area contributed by atoms with Gasteiger partial charge < -0.3 is 10.2 Å². The molecule has 0 bridgehead atoms. The van der Waals surface area contributed by atoms with Crippen molar-refractivity contribution in [2.24, 2.45) is 5.92 Å². The Morgan fingerprint density at radius 2 is 2.24 bits per heavy atom. The van der Waals surface area contributed by atoms with Crippen molar-refractivity contribution in [2.45, 2.75) is 26.8 Å². The van der Waals surface area contributed by atoms with Gasteiger partial charge >= 0.3 is 0 Å². The van der Waals surface area contributed by atoms with Gasteiger partial charge in [0.05, 0.1) is 0 Å². The van der Waals surface area contributed by atoms with Gasteiger partial charge in [0.1, 0.15) is 5.82 Å². The first-order chi connectivity index (χ1) is 8.04. The van der Waals surface area contributed by atoms with Crippen LogP contribution in [0.25, 0.3) is 0 Å². The fourth-order valence-corrected chi connectivity index (χ4v) is 1.36. The van der Waals surface area contributed by atoms with Gasteiger partial charge in [0.2, 0.25) is 5.91 Å². The van der Waals surface area contributed by atoms with E-state index in [1.165, 1.54) is 0 Å². The van der Waals surface area contributed by atoms with Gasteiger partial charge in [0, 0.05) is 32.8 Å². The molecule has 0 aromatic carbocycles. The Balaban J connectivity index is 2.57. The molecule has 0 radical (unpaired) electrons. The highest BCUT2D eigenvalue weighted by atomic mass is 16.1. The van der Waals surface area contributed by atoms with Crippen LogP contribution in [0.4, 0.5) is 5.82 Å². The molecule has 94 valence electrons. The predicted molar refractivity (Wildman–Crippen MR) is 69.9 cm³/mol. The average molecular weight is 235 g/mol. The Kier molecular flexibility index (Phi) is 4.94. The summed E-state index contributed by atoms with van der Waals surface area (Å²) in [7, 11) is 3.90. The predicted octanol–water partition coefficient (Wildman–Crippen LogP) is 1.81. The maximum absolute atomic E-state index is 11.6. The van der Waals surface area contributed by atoms with E-state index in [9.17, 15) is 4.79 Å². The lowest BCUT2D eigenvalue weighted by Crippen LogP contribution is -2.28. The lowest BCUT2D eigenvalue weighted by atomic mass is 10.1. The monoisotopic (exact) mass is 235 g/mol. The number of rotatable bonds is 5.